The minimum absolute atomic E-state index is 0.653. The molecule has 0 amide bonds. The summed E-state index contributed by atoms with van der Waals surface area (Å²) in [4.78, 5) is 8.03. The van der Waals surface area contributed by atoms with Crippen molar-refractivity contribution in [3.63, 3.8) is 0 Å². The maximum atomic E-state index is 4.35. The van der Waals surface area contributed by atoms with Gasteiger partial charge in [0.25, 0.3) is 0 Å². The van der Waals surface area contributed by atoms with Crippen LogP contribution < -0.4 is 0 Å². The summed E-state index contributed by atoms with van der Waals surface area (Å²) in [7, 11) is 0. The first-order chi connectivity index (χ1) is 3.00. The molecule has 0 spiro atoms. The van der Waals surface area contributed by atoms with Crippen LogP contribution in [0.3, 0.4) is 0 Å². The van der Waals surface area contributed by atoms with Crippen molar-refractivity contribution in [3.8, 4) is 0 Å². The Hall–Kier alpha value is -0.860. The third-order valence-electron chi connectivity index (χ3n) is 0.444. The standard InChI is InChI=1S/C3H4N2O/c1-2-5-6-3-4-1/h2-3H,1H2. The van der Waals surface area contributed by atoms with Gasteiger partial charge in [-0.2, -0.15) is 0 Å². The van der Waals surface area contributed by atoms with Gasteiger partial charge in [0.1, 0.15) is 0 Å². The van der Waals surface area contributed by atoms with Gasteiger partial charge in [-0.05, 0) is 0 Å². The Morgan fingerprint density at radius 2 is 2.67 bits per heavy atom. The Morgan fingerprint density at radius 1 is 1.67 bits per heavy atom. The van der Waals surface area contributed by atoms with Gasteiger partial charge in [0.05, 0.1) is 12.8 Å². The zero-order valence-electron chi connectivity index (χ0n) is 3.16. The quantitative estimate of drug-likeness (QED) is 0.407. The van der Waals surface area contributed by atoms with E-state index in [-0.39, 0.29) is 0 Å². The fraction of sp³-hybridized carbons (Fsp3) is 0.333. The number of oxime groups is 1. The number of nitrogens with zero attached hydrogens (tertiary/aromatic N) is 2. The minimum atomic E-state index is 0.653. The smallest absolute Gasteiger partial charge is 0.207 e. The van der Waals surface area contributed by atoms with E-state index in [2.05, 4.69) is 15.0 Å². The first kappa shape index (κ1) is 3.33. The van der Waals surface area contributed by atoms with Gasteiger partial charge in [-0.25, -0.2) is 0 Å². The average molecular weight is 84.1 g/mol. The van der Waals surface area contributed by atoms with Crippen LogP contribution in [0.1, 0.15) is 0 Å². The van der Waals surface area contributed by atoms with Crippen LogP contribution >= 0.6 is 0 Å². The molecule has 0 bridgehead atoms. The van der Waals surface area contributed by atoms with Gasteiger partial charge < -0.3 is 4.84 Å². The molecule has 6 heavy (non-hydrogen) atoms. The first-order valence-corrected chi connectivity index (χ1v) is 1.66. The fourth-order valence-electron chi connectivity index (χ4n) is 0.227. The maximum Gasteiger partial charge on any atom is 0.207 e. The molecule has 0 aromatic carbocycles. The van der Waals surface area contributed by atoms with E-state index in [0.29, 0.717) is 6.54 Å². The average Bonchev–Trinajstić information content (AvgIpc) is 1.72. The molecule has 0 saturated heterocycles. The van der Waals surface area contributed by atoms with Gasteiger partial charge in [-0.3, -0.25) is 4.99 Å². The summed E-state index contributed by atoms with van der Waals surface area (Å²) >= 11 is 0. The second-order valence-electron chi connectivity index (χ2n) is 0.864. The van der Waals surface area contributed by atoms with Gasteiger partial charge in [-0.15, -0.1) is 0 Å². The molecular weight excluding hydrogens is 80.0 g/mol. The molecule has 0 atom stereocenters. The lowest BCUT2D eigenvalue weighted by atomic mass is 10.7. The highest BCUT2D eigenvalue weighted by Crippen LogP contribution is 1.75. The molecule has 0 aromatic heterocycles. The molecule has 0 saturated carbocycles. The zero-order chi connectivity index (χ0) is 4.24. The van der Waals surface area contributed by atoms with Crippen LogP contribution in [0.2, 0.25) is 0 Å². The predicted molar refractivity (Wildman–Crippen MR) is 22.9 cm³/mol. The van der Waals surface area contributed by atoms with E-state index in [1.54, 1.807) is 6.21 Å². The van der Waals surface area contributed by atoms with Gasteiger partial charge in [0.15, 0.2) is 0 Å². The second kappa shape index (κ2) is 1.55. The minimum Gasteiger partial charge on any atom is -0.345 e. The summed E-state index contributed by atoms with van der Waals surface area (Å²) in [6, 6.07) is 0. The van der Waals surface area contributed by atoms with E-state index in [4.69, 9.17) is 0 Å². The van der Waals surface area contributed by atoms with E-state index in [9.17, 15) is 0 Å². The van der Waals surface area contributed by atoms with Crippen molar-refractivity contribution in [2.24, 2.45) is 10.1 Å². The zero-order valence-corrected chi connectivity index (χ0v) is 3.16. The number of aliphatic imine (C=N–C) groups is 1. The molecule has 0 radical (unpaired) electrons. The van der Waals surface area contributed by atoms with Crippen LogP contribution in [-0.4, -0.2) is 19.2 Å². The molecule has 0 aromatic rings. The SMILES string of the molecule is C1=NCC=NO1. The first-order valence-electron chi connectivity index (χ1n) is 1.66. The molecule has 1 aliphatic rings. The number of hydrogen-bond donors (Lipinski definition) is 0. The molecule has 3 nitrogen and oxygen atoms in total. The maximum absolute atomic E-state index is 4.35. The Kier molecular flexibility index (Phi) is 0.859. The van der Waals surface area contributed by atoms with Crippen LogP contribution in [0, 0.1) is 0 Å². The molecule has 3 heteroatoms. The van der Waals surface area contributed by atoms with Gasteiger partial charge in [0, 0.05) is 0 Å². The molecular formula is C3H4N2O. The van der Waals surface area contributed by atoms with E-state index >= 15 is 0 Å². The van der Waals surface area contributed by atoms with Gasteiger partial charge in [0.2, 0.25) is 6.40 Å². The molecule has 1 rings (SSSR count). The van der Waals surface area contributed by atoms with Crippen molar-refractivity contribution >= 4 is 12.6 Å². The predicted octanol–water partition coefficient (Wildman–Crippen LogP) is 0.0307. The molecule has 0 N–H and O–H groups in total. The van der Waals surface area contributed by atoms with Crippen molar-refractivity contribution < 1.29 is 4.84 Å². The van der Waals surface area contributed by atoms with E-state index < -0.39 is 0 Å². The lowest BCUT2D eigenvalue weighted by Gasteiger charge is -1.89. The summed E-state index contributed by atoms with van der Waals surface area (Å²) in [5, 5.41) is 3.40. The summed E-state index contributed by atoms with van der Waals surface area (Å²) in [6.45, 7) is 0.653. The van der Waals surface area contributed by atoms with Crippen LogP contribution in [0.25, 0.3) is 0 Å². The molecule has 0 fully saturated rings. The summed E-state index contributed by atoms with van der Waals surface area (Å²) in [6.07, 6.45) is 2.92. The third-order valence-corrected chi connectivity index (χ3v) is 0.444. The highest BCUT2D eigenvalue weighted by molar-refractivity contribution is 5.65. The van der Waals surface area contributed by atoms with Crippen molar-refractivity contribution in [1.82, 2.24) is 0 Å². The van der Waals surface area contributed by atoms with E-state index in [1.165, 1.54) is 6.40 Å². The molecule has 0 aliphatic carbocycles. The van der Waals surface area contributed by atoms with Crippen molar-refractivity contribution in [1.29, 1.82) is 0 Å². The molecule has 0 unspecified atom stereocenters. The Bertz CT molecular complexity index is 66.8. The van der Waals surface area contributed by atoms with Gasteiger partial charge in [-0.1, -0.05) is 5.16 Å². The number of rotatable bonds is 0. The summed E-state index contributed by atoms with van der Waals surface area (Å²) < 4.78 is 0. The van der Waals surface area contributed by atoms with E-state index in [1.807, 2.05) is 0 Å². The fourth-order valence-corrected chi connectivity index (χ4v) is 0.227. The van der Waals surface area contributed by atoms with Crippen LogP contribution in [0.15, 0.2) is 10.1 Å². The van der Waals surface area contributed by atoms with Crippen molar-refractivity contribution in [2.75, 3.05) is 6.54 Å². The normalized spacial score (nSPS) is 17.3. The third kappa shape index (κ3) is 0.544. The molecule has 1 aliphatic heterocycles. The van der Waals surface area contributed by atoms with Crippen LogP contribution in [0.5, 0.6) is 0 Å². The topological polar surface area (TPSA) is 34.0 Å². The Balaban J connectivity index is 2.40. The van der Waals surface area contributed by atoms with Crippen LogP contribution in [-0.2, 0) is 4.84 Å². The largest absolute Gasteiger partial charge is 0.345 e. The molecule has 1 heterocycles. The monoisotopic (exact) mass is 84.0 g/mol. The second-order valence-corrected chi connectivity index (χ2v) is 0.864. The molecule has 32 valence electrons. The van der Waals surface area contributed by atoms with Crippen molar-refractivity contribution in [2.45, 2.75) is 0 Å². The highest BCUT2D eigenvalue weighted by Gasteiger charge is 1.77. The Labute approximate surface area is 35.3 Å². The lowest BCUT2D eigenvalue weighted by molar-refractivity contribution is 0.341. The Morgan fingerprint density at radius 3 is 2.83 bits per heavy atom. The van der Waals surface area contributed by atoms with Crippen LogP contribution in [0.4, 0.5) is 0 Å². The van der Waals surface area contributed by atoms with Crippen molar-refractivity contribution in [3.05, 3.63) is 0 Å². The highest BCUT2D eigenvalue weighted by atomic mass is 16.6. The van der Waals surface area contributed by atoms with Gasteiger partial charge >= 0.3 is 0 Å². The lowest BCUT2D eigenvalue weighted by Crippen LogP contribution is -1.91. The van der Waals surface area contributed by atoms with E-state index in [0.717, 1.165) is 0 Å². The summed E-state index contributed by atoms with van der Waals surface area (Å²) in [5.74, 6) is 0. The number of hydrogen-bond acceptors (Lipinski definition) is 3. The summed E-state index contributed by atoms with van der Waals surface area (Å²) in [5.41, 5.74) is 0.